The van der Waals surface area contributed by atoms with E-state index in [9.17, 15) is 0 Å². The summed E-state index contributed by atoms with van der Waals surface area (Å²) in [5.41, 5.74) is 7.43. The van der Waals surface area contributed by atoms with Gasteiger partial charge in [-0.1, -0.05) is 0 Å². The third-order valence-corrected chi connectivity index (χ3v) is 3.84. The van der Waals surface area contributed by atoms with Gasteiger partial charge in [0.2, 0.25) is 0 Å². The van der Waals surface area contributed by atoms with Gasteiger partial charge >= 0.3 is 0 Å². The molecule has 3 rings (SSSR count). The van der Waals surface area contributed by atoms with Gasteiger partial charge in [-0.25, -0.2) is 9.97 Å². The third-order valence-electron chi connectivity index (χ3n) is 3.84. The fraction of sp³-hybridized carbons (Fsp3) is 0.667. The van der Waals surface area contributed by atoms with Crippen LogP contribution in [0.3, 0.4) is 0 Å². The monoisotopic (exact) mass is 218 g/mol. The molecule has 86 valence electrons. The molecule has 1 aliphatic heterocycles. The normalized spacial score (nSPS) is 33.1. The van der Waals surface area contributed by atoms with Gasteiger partial charge in [0.1, 0.15) is 12.1 Å². The van der Waals surface area contributed by atoms with E-state index in [-0.39, 0.29) is 5.54 Å². The van der Waals surface area contributed by atoms with Crippen molar-refractivity contribution in [3.05, 3.63) is 18.1 Å². The van der Waals surface area contributed by atoms with Crippen LogP contribution in [0.5, 0.6) is 0 Å². The summed E-state index contributed by atoms with van der Waals surface area (Å²) in [7, 11) is 0. The molecule has 1 saturated heterocycles. The first-order chi connectivity index (χ1) is 7.65. The summed E-state index contributed by atoms with van der Waals surface area (Å²) >= 11 is 0. The molecule has 1 aromatic rings. The van der Waals surface area contributed by atoms with Crippen LogP contribution in [0.25, 0.3) is 0 Å². The maximum absolute atomic E-state index is 6.38. The third kappa shape index (κ3) is 1.67. The Hall–Kier alpha value is -1.16. The van der Waals surface area contributed by atoms with Crippen LogP contribution in [0, 0.1) is 12.8 Å². The van der Waals surface area contributed by atoms with Crippen molar-refractivity contribution >= 4 is 5.82 Å². The van der Waals surface area contributed by atoms with Crippen LogP contribution in [-0.2, 0) is 0 Å². The van der Waals surface area contributed by atoms with Crippen LogP contribution < -0.4 is 10.6 Å². The molecule has 2 aliphatic rings. The van der Waals surface area contributed by atoms with E-state index in [1.807, 2.05) is 13.0 Å². The number of aromatic nitrogens is 2. The number of fused-ring (bicyclic) bond motifs is 2. The number of rotatable bonds is 1. The van der Waals surface area contributed by atoms with Crippen LogP contribution in [0.4, 0.5) is 5.82 Å². The van der Waals surface area contributed by atoms with Crippen molar-refractivity contribution in [3.63, 3.8) is 0 Å². The molecule has 1 aromatic heterocycles. The van der Waals surface area contributed by atoms with Crippen molar-refractivity contribution in [2.75, 3.05) is 18.0 Å². The summed E-state index contributed by atoms with van der Waals surface area (Å²) < 4.78 is 0. The molecule has 1 saturated carbocycles. The zero-order valence-corrected chi connectivity index (χ0v) is 9.69. The average Bonchev–Trinajstić information content (AvgIpc) is 2.52. The Morgan fingerprint density at radius 1 is 1.50 bits per heavy atom. The Labute approximate surface area is 95.9 Å². The smallest absolute Gasteiger partial charge is 0.132 e. The number of nitrogens with zero attached hydrogens (tertiary/aromatic N) is 3. The Bertz CT molecular complexity index is 406. The lowest BCUT2D eigenvalue weighted by molar-refractivity contribution is 0.362. The minimum Gasteiger partial charge on any atom is -0.354 e. The average molecular weight is 218 g/mol. The first kappa shape index (κ1) is 10.0. The highest BCUT2D eigenvalue weighted by molar-refractivity contribution is 5.41. The quantitative estimate of drug-likeness (QED) is 0.767. The molecule has 0 spiro atoms. The van der Waals surface area contributed by atoms with E-state index < -0.39 is 0 Å². The summed E-state index contributed by atoms with van der Waals surface area (Å²) in [5.74, 6) is 1.79. The van der Waals surface area contributed by atoms with Crippen molar-refractivity contribution in [1.82, 2.24) is 9.97 Å². The molecule has 2 N–H and O–H groups in total. The largest absolute Gasteiger partial charge is 0.354 e. The predicted octanol–water partition coefficient (Wildman–Crippen LogP) is 1.10. The van der Waals surface area contributed by atoms with E-state index in [1.165, 1.54) is 12.8 Å². The maximum Gasteiger partial charge on any atom is 0.132 e. The highest BCUT2D eigenvalue weighted by Crippen LogP contribution is 2.39. The van der Waals surface area contributed by atoms with Crippen molar-refractivity contribution in [1.29, 1.82) is 0 Å². The lowest BCUT2D eigenvalue weighted by Crippen LogP contribution is -2.53. The van der Waals surface area contributed by atoms with Crippen molar-refractivity contribution in [2.45, 2.75) is 31.7 Å². The van der Waals surface area contributed by atoms with Crippen LogP contribution in [-0.4, -0.2) is 28.6 Å². The van der Waals surface area contributed by atoms with Gasteiger partial charge in [-0.3, -0.25) is 0 Å². The number of anilines is 1. The number of hydrogen-bond donors (Lipinski definition) is 1. The van der Waals surface area contributed by atoms with Gasteiger partial charge in [0.15, 0.2) is 0 Å². The van der Waals surface area contributed by atoms with E-state index >= 15 is 0 Å². The molecule has 1 aliphatic carbocycles. The highest BCUT2D eigenvalue weighted by Gasteiger charge is 2.42. The van der Waals surface area contributed by atoms with Gasteiger partial charge in [-0.2, -0.15) is 0 Å². The molecule has 2 heterocycles. The molecule has 2 atom stereocenters. The Balaban J connectivity index is 1.86. The second-order valence-electron chi connectivity index (χ2n) is 5.37. The van der Waals surface area contributed by atoms with E-state index in [0.717, 1.165) is 36.9 Å². The van der Waals surface area contributed by atoms with Crippen molar-refractivity contribution < 1.29 is 0 Å². The van der Waals surface area contributed by atoms with Crippen molar-refractivity contribution in [3.8, 4) is 0 Å². The van der Waals surface area contributed by atoms with Crippen molar-refractivity contribution in [2.24, 2.45) is 11.7 Å². The molecule has 16 heavy (non-hydrogen) atoms. The fourth-order valence-corrected chi connectivity index (χ4v) is 3.11. The molecular formula is C12H18N4. The number of hydrogen-bond acceptors (Lipinski definition) is 4. The van der Waals surface area contributed by atoms with Gasteiger partial charge in [0, 0.05) is 30.4 Å². The van der Waals surface area contributed by atoms with Crippen LogP contribution in [0.15, 0.2) is 12.4 Å². The zero-order chi connectivity index (χ0) is 11.2. The first-order valence-electron chi connectivity index (χ1n) is 5.97. The summed E-state index contributed by atoms with van der Waals surface area (Å²) in [6, 6.07) is 2.05. The minimum absolute atomic E-state index is 0.0295. The van der Waals surface area contributed by atoms with E-state index in [1.54, 1.807) is 6.33 Å². The van der Waals surface area contributed by atoms with Gasteiger partial charge < -0.3 is 10.6 Å². The Morgan fingerprint density at radius 2 is 2.38 bits per heavy atom. The molecule has 0 radical (unpaired) electrons. The van der Waals surface area contributed by atoms with Gasteiger partial charge in [0.25, 0.3) is 0 Å². The number of aryl methyl sites for hydroxylation is 1. The summed E-state index contributed by atoms with van der Waals surface area (Å²) in [6.07, 6.45) is 5.27. The lowest BCUT2D eigenvalue weighted by atomic mass is 9.92. The SMILES string of the molecule is Cc1cc(N2C[C@H]3CC[C@@](N)(C3)C2)ncn1. The van der Waals surface area contributed by atoms with Crippen LogP contribution in [0.1, 0.15) is 25.0 Å². The topological polar surface area (TPSA) is 55.0 Å². The fourth-order valence-electron chi connectivity index (χ4n) is 3.11. The summed E-state index contributed by atoms with van der Waals surface area (Å²) in [6.45, 7) is 4.05. The molecule has 2 fully saturated rings. The highest BCUT2D eigenvalue weighted by atomic mass is 15.2. The predicted molar refractivity (Wildman–Crippen MR) is 63.2 cm³/mol. The minimum atomic E-state index is 0.0295. The van der Waals surface area contributed by atoms with Gasteiger partial charge in [-0.05, 0) is 32.1 Å². The van der Waals surface area contributed by atoms with Gasteiger partial charge in [-0.15, -0.1) is 0 Å². The molecule has 0 amide bonds. The van der Waals surface area contributed by atoms with E-state index in [0.29, 0.717) is 0 Å². The molecular weight excluding hydrogens is 200 g/mol. The maximum atomic E-state index is 6.38. The van der Waals surface area contributed by atoms with Crippen LogP contribution >= 0.6 is 0 Å². The zero-order valence-electron chi connectivity index (χ0n) is 9.69. The molecule has 4 heteroatoms. The molecule has 4 nitrogen and oxygen atoms in total. The van der Waals surface area contributed by atoms with E-state index in [2.05, 4.69) is 14.9 Å². The number of nitrogens with two attached hydrogens (primary N) is 1. The molecule has 2 bridgehead atoms. The Morgan fingerprint density at radius 3 is 3.12 bits per heavy atom. The second-order valence-corrected chi connectivity index (χ2v) is 5.37. The summed E-state index contributed by atoms with van der Waals surface area (Å²) in [5, 5.41) is 0. The summed E-state index contributed by atoms with van der Waals surface area (Å²) in [4.78, 5) is 10.8. The standard InChI is InChI=1S/C12H18N4/c1-9-4-11(15-8-14-9)16-6-10-2-3-12(13,5-10)7-16/h4,8,10H,2-3,5-7,13H2,1H3/t10-,12+/m0/s1. The second kappa shape index (κ2) is 3.42. The lowest BCUT2D eigenvalue weighted by Gasteiger charge is -2.38. The first-order valence-corrected chi connectivity index (χ1v) is 5.97. The Kier molecular flexibility index (Phi) is 2.14. The van der Waals surface area contributed by atoms with Crippen LogP contribution in [0.2, 0.25) is 0 Å². The molecule has 0 aromatic carbocycles. The van der Waals surface area contributed by atoms with Gasteiger partial charge in [0.05, 0.1) is 0 Å². The number of piperidine rings is 1. The molecule has 0 unspecified atom stereocenters. The van der Waals surface area contributed by atoms with E-state index in [4.69, 9.17) is 5.73 Å².